The average molecular weight is 459 g/mol. The number of amides is 1. The van der Waals surface area contributed by atoms with E-state index in [0.717, 1.165) is 6.07 Å². The van der Waals surface area contributed by atoms with Crippen LogP contribution in [0.25, 0.3) is 0 Å². The number of hydrogen-bond donors (Lipinski definition) is 0. The molecule has 0 aromatic heterocycles. The van der Waals surface area contributed by atoms with Crippen LogP contribution in [0, 0.1) is 11.6 Å². The Balaban J connectivity index is 2.18. The van der Waals surface area contributed by atoms with Crippen LogP contribution < -0.4 is 4.90 Å². The molecule has 0 fully saturated rings. The molecule has 2 aromatic rings. The van der Waals surface area contributed by atoms with Crippen LogP contribution in [0.15, 0.2) is 34.8 Å². The van der Waals surface area contributed by atoms with Crippen LogP contribution >= 0.6 is 27.5 Å². The third-order valence-corrected chi connectivity index (χ3v) is 5.24. The number of carbonyl (C=O) groups excluding carboxylic acids is 1. The number of rotatable bonds is 1. The van der Waals surface area contributed by atoms with Crippen LogP contribution in [-0.4, -0.2) is 11.7 Å². The van der Waals surface area contributed by atoms with Gasteiger partial charge in [-0.1, -0.05) is 29.8 Å². The van der Waals surface area contributed by atoms with E-state index in [1.807, 2.05) is 0 Å². The third-order valence-electron chi connectivity index (χ3n) is 4.31. The number of ether oxygens (including phenoxy) is 1. The highest BCUT2D eigenvalue weighted by Crippen LogP contribution is 2.45. The first-order valence-electron chi connectivity index (χ1n) is 8.53. The smallest absolute Gasteiger partial charge is 0.415 e. The maximum absolute atomic E-state index is 14.9. The molecule has 2 aromatic carbocycles. The fourth-order valence-corrected chi connectivity index (χ4v) is 3.96. The van der Waals surface area contributed by atoms with Crippen LogP contribution in [0.4, 0.5) is 19.3 Å². The van der Waals surface area contributed by atoms with Crippen molar-refractivity contribution in [2.45, 2.75) is 45.3 Å². The quantitative estimate of drug-likeness (QED) is 0.439. The lowest BCUT2D eigenvalue weighted by molar-refractivity contribution is 0.0558. The second kappa shape index (κ2) is 7.40. The molecule has 1 amide bonds. The lowest BCUT2D eigenvalue weighted by Gasteiger charge is -2.38. The molecule has 1 aliphatic rings. The third kappa shape index (κ3) is 3.97. The van der Waals surface area contributed by atoms with Gasteiger partial charge in [-0.25, -0.2) is 13.6 Å². The monoisotopic (exact) mass is 457 g/mol. The molecule has 0 N–H and O–H groups in total. The summed E-state index contributed by atoms with van der Waals surface area (Å²) in [5.41, 5.74) is -0.0695. The molecule has 3 nitrogen and oxygen atoms in total. The molecule has 27 heavy (non-hydrogen) atoms. The topological polar surface area (TPSA) is 29.5 Å². The molecule has 0 aliphatic carbocycles. The van der Waals surface area contributed by atoms with E-state index < -0.39 is 29.4 Å². The maximum Gasteiger partial charge on any atom is 0.415 e. The fourth-order valence-electron chi connectivity index (χ4n) is 3.26. The Morgan fingerprint density at radius 3 is 2.59 bits per heavy atom. The van der Waals surface area contributed by atoms with E-state index in [9.17, 15) is 13.6 Å². The van der Waals surface area contributed by atoms with Gasteiger partial charge >= 0.3 is 6.09 Å². The van der Waals surface area contributed by atoms with Gasteiger partial charge in [0.05, 0.1) is 16.2 Å². The van der Waals surface area contributed by atoms with Crippen LogP contribution in [0.2, 0.25) is 5.02 Å². The molecule has 7 heteroatoms. The van der Waals surface area contributed by atoms with Crippen molar-refractivity contribution < 1.29 is 18.3 Å². The molecule has 144 valence electrons. The van der Waals surface area contributed by atoms with E-state index in [0.29, 0.717) is 17.0 Å². The fraction of sp³-hybridized carbons (Fsp3) is 0.350. The van der Waals surface area contributed by atoms with Crippen molar-refractivity contribution in [1.29, 1.82) is 0 Å². The molecule has 0 saturated heterocycles. The first-order chi connectivity index (χ1) is 12.6. The molecular formula is C20H19BrClF2NO2. The van der Waals surface area contributed by atoms with Gasteiger partial charge in [0.1, 0.15) is 17.2 Å². The van der Waals surface area contributed by atoms with Crippen molar-refractivity contribution in [3.63, 3.8) is 0 Å². The van der Waals surface area contributed by atoms with Crippen LogP contribution in [0.1, 0.15) is 44.4 Å². The molecule has 3 rings (SSSR count). The van der Waals surface area contributed by atoms with Gasteiger partial charge in [0, 0.05) is 10.6 Å². The van der Waals surface area contributed by atoms with Gasteiger partial charge in [-0.15, -0.1) is 0 Å². The molecule has 0 saturated carbocycles. The highest BCUT2D eigenvalue weighted by atomic mass is 79.9. The van der Waals surface area contributed by atoms with Gasteiger partial charge in [0.2, 0.25) is 0 Å². The summed E-state index contributed by atoms with van der Waals surface area (Å²) in [6, 6.07) is 7.53. The molecule has 1 unspecified atom stereocenters. The summed E-state index contributed by atoms with van der Waals surface area (Å²) < 4.78 is 35.0. The van der Waals surface area contributed by atoms with Crippen molar-refractivity contribution in [3.8, 4) is 0 Å². The summed E-state index contributed by atoms with van der Waals surface area (Å²) in [7, 11) is 0. The number of carbonyl (C=O) groups is 1. The summed E-state index contributed by atoms with van der Waals surface area (Å²) in [5.74, 6) is -1.27. The zero-order chi connectivity index (χ0) is 19.9. The van der Waals surface area contributed by atoms with Crippen molar-refractivity contribution in [1.82, 2.24) is 0 Å². The molecule has 0 bridgehead atoms. The summed E-state index contributed by atoms with van der Waals surface area (Å²) in [4.78, 5) is 14.2. The largest absolute Gasteiger partial charge is 0.443 e. The van der Waals surface area contributed by atoms with E-state index in [2.05, 4.69) is 15.9 Å². The molecule has 0 spiro atoms. The van der Waals surface area contributed by atoms with Crippen LogP contribution in [0.3, 0.4) is 0 Å². The highest BCUT2D eigenvalue weighted by molar-refractivity contribution is 9.10. The molecule has 1 aliphatic heterocycles. The van der Waals surface area contributed by atoms with Crippen molar-refractivity contribution >= 4 is 39.3 Å². The standard InChI is InChI=1S/C20H19BrClF2NO2/c1-20(2,3)27-19(26)25-16(11-6-4-5-7-14(11)22)9-8-12-17(24)13(21)10-15(23)18(12)25/h4-7,10,16H,8-9H2,1-3H3. The molecule has 1 atom stereocenters. The Labute approximate surface area is 170 Å². The predicted octanol–water partition coefficient (Wildman–Crippen LogP) is 6.81. The Bertz CT molecular complexity index is 898. The number of nitrogens with zero attached hydrogens (tertiary/aromatic N) is 1. The normalized spacial score (nSPS) is 16.9. The van der Waals surface area contributed by atoms with E-state index >= 15 is 0 Å². The predicted molar refractivity (Wildman–Crippen MR) is 105 cm³/mol. The molecular weight excluding hydrogens is 440 g/mol. The average Bonchev–Trinajstić information content (AvgIpc) is 2.57. The number of benzene rings is 2. The van der Waals surface area contributed by atoms with Gasteiger partial charge in [0.25, 0.3) is 0 Å². The minimum atomic E-state index is -0.788. The van der Waals surface area contributed by atoms with Crippen molar-refractivity contribution in [2.75, 3.05) is 4.90 Å². The lowest BCUT2D eigenvalue weighted by atomic mass is 9.91. The van der Waals surface area contributed by atoms with Gasteiger partial charge in [-0.3, -0.25) is 4.90 Å². The van der Waals surface area contributed by atoms with E-state index in [1.165, 1.54) is 4.90 Å². The van der Waals surface area contributed by atoms with Gasteiger partial charge in [-0.05, 0) is 67.2 Å². The van der Waals surface area contributed by atoms with E-state index in [-0.39, 0.29) is 22.1 Å². The Morgan fingerprint density at radius 1 is 1.30 bits per heavy atom. The number of hydrogen-bond acceptors (Lipinski definition) is 2. The first-order valence-corrected chi connectivity index (χ1v) is 9.70. The zero-order valence-electron chi connectivity index (χ0n) is 15.2. The van der Waals surface area contributed by atoms with Gasteiger partial charge in [0.15, 0.2) is 0 Å². The number of halogens is 4. The van der Waals surface area contributed by atoms with Crippen LogP contribution in [0.5, 0.6) is 0 Å². The molecule has 1 heterocycles. The van der Waals surface area contributed by atoms with Crippen molar-refractivity contribution in [3.05, 3.63) is 62.6 Å². The SMILES string of the molecule is CC(C)(C)OC(=O)N1c2c(F)cc(Br)c(F)c2CCC1c1ccccc1Cl. The number of anilines is 1. The summed E-state index contributed by atoms with van der Waals surface area (Å²) in [6.07, 6.45) is -0.0795. The Kier molecular flexibility index (Phi) is 5.50. The number of fused-ring (bicyclic) bond motifs is 1. The zero-order valence-corrected chi connectivity index (χ0v) is 17.5. The lowest BCUT2D eigenvalue weighted by Crippen LogP contribution is -2.42. The van der Waals surface area contributed by atoms with Crippen molar-refractivity contribution in [2.24, 2.45) is 0 Å². The highest BCUT2D eigenvalue weighted by Gasteiger charge is 2.39. The van der Waals surface area contributed by atoms with Crippen LogP contribution in [-0.2, 0) is 11.2 Å². The van der Waals surface area contributed by atoms with E-state index in [1.54, 1.807) is 45.0 Å². The maximum atomic E-state index is 14.9. The van der Waals surface area contributed by atoms with Gasteiger partial charge in [-0.2, -0.15) is 0 Å². The second-order valence-electron chi connectivity index (χ2n) is 7.41. The summed E-state index contributed by atoms with van der Waals surface area (Å²) in [6.45, 7) is 5.16. The molecule has 0 radical (unpaired) electrons. The minimum Gasteiger partial charge on any atom is -0.443 e. The Hall–Kier alpha value is -1.66. The Morgan fingerprint density at radius 2 is 1.96 bits per heavy atom. The first kappa shape index (κ1) is 20.1. The van der Waals surface area contributed by atoms with Gasteiger partial charge < -0.3 is 4.74 Å². The minimum absolute atomic E-state index is 0.0269. The van der Waals surface area contributed by atoms with E-state index in [4.69, 9.17) is 16.3 Å². The summed E-state index contributed by atoms with van der Waals surface area (Å²) in [5, 5.41) is 0.456. The summed E-state index contributed by atoms with van der Waals surface area (Å²) >= 11 is 9.36. The second-order valence-corrected chi connectivity index (χ2v) is 8.67.